The highest BCUT2D eigenvalue weighted by molar-refractivity contribution is 5.70. The number of rotatable bonds is 61. The van der Waals surface area contributed by atoms with Gasteiger partial charge in [-0.3, -0.25) is 9.59 Å². The smallest absolute Gasteiger partial charge is 0.306 e. The Morgan fingerprint density at radius 3 is 0.833 bits per heavy atom. The summed E-state index contributed by atoms with van der Waals surface area (Å²) in [6.45, 7) is 4.03. The van der Waals surface area contributed by atoms with Gasteiger partial charge in [0.1, 0.15) is 6.61 Å². The average molecular weight is 1080 g/mol. The molecule has 5 nitrogen and oxygen atoms in total. The topological polar surface area (TPSA) is 72.8 Å². The fraction of sp³-hybridized carbons (Fsp3) is 0.726. The molecule has 1 unspecified atom stereocenters. The molecule has 448 valence electrons. The molecule has 0 fully saturated rings. The normalized spacial score (nSPS) is 12.9. The molecule has 0 aromatic heterocycles. The van der Waals surface area contributed by atoms with Crippen LogP contribution < -0.4 is 0 Å². The van der Waals surface area contributed by atoms with Crippen LogP contribution in [0.15, 0.2) is 109 Å². The van der Waals surface area contributed by atoms with Crippen molar-refractivity contribution in [3.8, 4) is 0 Å². The van der Waals surface area contributed by atoms with Gasteiger partial charge in [0.25, 0.3) is 0 Å². The van der Waals surface area contributed by atoms with Crippen molar-refractivity contribution >= 4 is 11.9 Å². The van der Waals surface area contributed by atoms with Crippen LogP contribution in [0.2, 0.25) is 0 Å². The standard InChI is InChI=1S/C73H126O5/c1-3-5-7-9-11-13-15-17-19-21-23-25-27-28-29-30-31-32-33-34-35-36-37-38-39-40-41-42-43-44-46-48-50-52-54-56-58-60-62-64-66-68-73(76)78-71(69-74)70-77-72(75)67-65-63-61-59-57-55-53-51-49-47-45-26-24-22-20-18-16-14-12-10-8-6-4-2/h5,7,11,13,16-19,22-25,28-29,31-32,45,47,71,74H,3-4,6,8-10,12,14-15,20-21,26-27,30,33-44,46,48-70H2,1-2H3/b7-5-,13-11-,18-16-,19-17-,24-22-,25-23-,29-28-,32-31-,47-45-. The molecule has 78 heavy (non-hydrogen) atoms. The summed E-state index contributed by atoms with van der Waals surface area (Å²) in [5, 5.41) is 9.69. The van der Waals surface area contributed by atoms with Gasteiger partial charge in [0, 0.05) is 12.8 Å². The minimum absolute atomic E-state index is 0.0704. The minimum atomic E-state index is -0.780. The second-order valence-corrected chi connectivity index (χ2v) is 22.2. The maximum absolute atomic E-state index is 12.4. The van der Waals surface area contributed by atoms with E-state index in [1.807, 2.05) is 0 Å². The lowest BCUT2D eigenvalue weighted by atomic mass is 10.0. The molecule has 0 aliphatic rings. The first-order chi connectivity index (χ1) is 38.6. The predicted octanol–water partition coefficient (Wildman–Crippen LogP) is 23.2. The van der Waals surface area contributed by atoms with Crippen LogP contribution in [-0.4, -0.2) is 36.4 Å². The Labute approximate surface area is 484 Å². The molecular formula is C73H126O5. The van der Waals surface area contributed by atoms with Gasteiger partial charge in [-0.05, 0) is 103 Å². The zero-order valence-electron chi connectivity index (χ0n) is 51.4. The Morgan fingerprint density at radius 2 is 0.551 bits per heavy atom. The van der Waals surface area contributed by atoms with E-state index in [0.717, 1.165) is 89.9 Å². The zero-order chi connectivity index (χ0) is 56.2. The molecule has 0 amide bonds. The molecular weight excluding hydrogens is 957 g/mol. The molecule has 5 heteroatoms. The fourth-order valence-corrected chi connectivity index (χ4v) is 9.57. The first kappa shape index (κ1) is 74.6. The number of aliphatic hydroxyl groups excluding tert-OH is 1. The first-order valence-corrected chi connectivity index (χ1v) is 33.4. The maximum Gasteiger partial charge on any atom is 0.306 e. The molecule has 0 saturated carbocycles. The summed E-state index contributed by atoms with van der Waals surface area (Å²) < 4.78 is 10.7. The predicted molar refractivity (Wildman–Crippen MR) is 343 cm³/mol. The number of carbonyl (C=O) groups excluding carboxylic acids is 2. The maximum atomic E-state index is 12.4. The van der Waals surface area contributed by atoms with E-state index < -0.39 is 6.10 Å². The highest BCUT2D eigenvalue weighted by Gasteiger charge is 2.16. The number of allylic oxidation sites excluding steroid dienone is 18. The van der Waals surface area contributed by atoms with Gasteiger partial charge in [0.05, 0.1) is 6.61 Å². The third-order valence-corrected chi connectivity index (χ3v) is 14.6. The summed E-state index contributed by atoms with van der Waals surface area (Å²) in [6.07, 6.45) is 98.2. The molecule has 0 heterocycles. The number of hydrogen-bond donors (Lipinski definition) is 1. The van der Waals surface area contributed by atoms with Crippen LogP contribution in [-0.2, 0) is 19.1 Å². The fourth-order valence-electron chi connectivity index (χ4n) is 9.57. The molecule has 0 rings (SSSR count). The molecule has 0 aromatic carbocycles. The number of ether oxygens (including phenoxy) is 2. The van der Waals surface area contributed by atoms with Crippen molar-refractivity contribution in [2.24, 2.45) is 0 Å². The summed E-state index contributed by atoms with van der Waals surface area (Å²) in [4.78, 5) is 24.6. The van der Waals surface area contributed by atoms with Gasteiger partial charge in [-0.15, -0.1) is 0 Å². The lowest BCUT2D eigenvalue weighted by Gasteiger charge is -2.15. The zero-order valence-corrected chi connectivity index (χ0v) is 51.4. The molecule has 1 N–H and O–H groups in total. The van der Waals surface area contributed by atoms with E-state index in [1.165, 1.54) is 205 Å². The number of unbranched alkanes of at least 4 members (excludes halogenated alkanes) is 35. The van der Waals surface area contributed by atoms with Gasteiger partial charge in [0.2, 0.25) is 0 Å². The summed E-state index contributed by atoms with van der Waals surface area (Å²) in [5.74, 6) is -0.589. The van der Waals surface area contributed by atoms with Crippen molar-refractivity contribution < 1.29 is 24.2 Å². The SMILES string of the molecule is CC/C=C\C/C=C\C/C=C\C/C=C\C/C=C\C/C=C\CCCCCCCCCCCCCCCCCCCCCCCCC(=O)OC(CO)COC(=O)CCCCCCCCCC/C=C\C/C=C\C/C=C\CCCCCCC. The Kier molecular flexibility index (Phi) is 64.8. The van der Waals surface area contributed by atoms with E-state index >= 15 is 0 Å². The Hall–Kier alpha value is -3.44. The summed E-state index contributed by atoms with van der Waals surface area (Å²) >= 11 is 0. The molecule has 0 spiro atoms. The number of hydrogen-bond acceptors (Lipinski definition) is 5. The molecule has 0 aromatic rings. The van der Waals surface area contributed by atoms with Crippen molar-refractivity contribution in [3.05, 3.63) is 109 Å². The monoisotopic (exact) mass is 1080 g/mol. The Bertz CT molecular complexity index is 1510. The highest BCUT2D eigenvalue weighted by Crippen LogP contribution is 2.17. The number of esters is 2. The van der Waals surface area contributed by atoms with Gasteiger partial charge in [-0.2, -0.15) is 0 Å². The van der Waals surface area contributed by atoms with Crippen LogP contribution >= 0.6 is 0 Å². The molecule has 0 saturated heterocycles. The van der Waals surface area contributed by atoms with Gasteiger partial charge < -0.3 is 14.6 Å². The minimum Gasteiger partial charge on any atom is -0.462 e. The van der Waals surface area contributed by atoms with E-state index in [2.05, 4.69) is 123 Å². The van der Waals surface area contributed by atoms with Crippen molar-refractivity contribution in [1.82, 2.24) is 0 Å². The third kappa shape index (κ3) is 65.1. The first-order valence-electron chi connectivity index (χ1n) is 33.4. The Morgan fingerprint density at radius 1 is 0.308 bits per heavy atom. The van der Waals surface area contributed by atoms with E-state index in [4.69, 9.17) is 9.47 Å². The van der Waals surface area contributed by atoms with Crippen LogP contribution in [0.1, 0.15) is 322 Å². The average Bonchev–Trinajstić information content (AvgIpc) is 3.44. The Balaban J connectivity index is 3.45. The van der Waals surface area contributed by atoms with Crippen LogP contribution in [0.4, 0.5) is 0 Å². The van der Waals surface area contributed by atoms with E-state index in [-0.39, 0.29) is 25.2 Å². The van der Waals surface area contributed by atoms with E-state index in [0.29, 0.717) is 12.8 Å². The number of carbonyl (C=O) groups is 2. The second-order valence-electron chi connectivity index (χ2n) is 22.2. The second kappa shape index (κ2) is 67.8. The highest BCUT2D eigenvalue weighted by atomic mass is 16.6. The van der Waals surface area contributed by atoms with Crippen LogP contribution in [0, 0.1) is 0 Å². The molecule has 0 radical (unpaired) electrons. The van der Waals surface area contributed by atoms with Gasteiger partial charge >= 0.3 is 11.9 Å². The van der Waals surface area contributed by atoms with Gasteiger partial charge in [-0.25, -0.2) is 0 Å². The summed E-state index contributed by atoms with van der Waals surface area (Å²) in [6, 6.07) is 0. The molecule has 0 bridgehead atoms. The molecule has 0 aliphatic carbocycles. The quantitative estimate of drug-likeness (QED) is 0.0373. The molecule has 1 atom stereocenters. The van der Waals surface area contributed by atoms with Gasteiger partial charge in [-0.1, -0.05) is 316 Å². The third-order valence-electron chi connectivity index (χ3n) is 14.6. The van der Waals surface area contributed by atoms with Crippen molar-refractivity contribution in [2.75, 3.05) is 13.2 Å². The molecule has 0 aliphatic heterocycles. The van der Waals surface area contributed by atoms with Crippen LogP contribution in [0.5, 0.6) is 0 Å². The van der Waals surface area contributed by atoms with Crippen molar-refractivity contribution in [3.63, 3.8) is 0 Å². The lowest BCUT2D eigenvalue weighted by Crippen LogP contribution is -2.28. The lowest BCUT2D eigenvalue weighted by molar-refractivity contribution is -0.161. The van der Waals surface area contributed by atoms with Gasteiger partial charge in [0.15, 0.2) is 6.10 Å². The van der Waals surface area contributed by atoms with Crippen LogP contribution in [0.25, 0.3) is 0 Å². The van der Waals surface area contributed by atoms with Crippen molar-refractivity contribution in [1.29, 1.82) is 0 Å². The summed E-state index contributed by atoms with van der Waals surface area (Å²) in [7, 11) is 0. The largest absolute Gasteiger partial charge is 0.462 e. The van der Waals surface area contributed by atoms with E-state index in [9.17, 15) is 14.7 Å². The summed E-state index contributed by atoms with van der Waals surface area (Å²) in [5.41, 5.74) is 0. The van der Waals surface area contributed by atoms with Crippen LogP contribution in [0.3, 0.4) is 0 Å². The number of aliphatic hydroxyl groups is 1. The van der Waals surface area contributed by atoms with E-state index in [1.54, 1.807) is 0 Å². The van der Waals surface area contributed by atoms with Crippen molar-refractivity contribution in [2.45, 2.75) is 328 Å².